The summed E-state index contributed by atoms with van der Waals surface area (Å²) in [6.07, 6.45) is 4.40. The van der Waals surface area contributed by atoms with Gasteiger partial charge in [-0.2, -0.15) is 0 Å². The van der Waals surface area contributed by atoms with Crippen LogP contribution in [0.5, 0.6) is 0 Å². The van der Waals surface area contributed by atoms with Crippen LogP contribution in [0.15, 0.2) is 35.2 Å². The van der Waals surface area contributed by atoms with Gasteiger partial charge in [-0.05, 0) is 12.1 Å². The van der Waals surface area contributed by atoms with Crippen molar-refractivity contribution in [2.24, 2.45) is 0 Å². The van der Waals surface area contributed by atoms with Gasteiger partial charge >= 0.3 is 0 Å². The molecule has 1 rings (SSSR count). The predicted molar refractivity (Wildman–Crippen MR) is 51.5 cm³/mol. The van der Waals surface area contributed by atoms with E-state index in [1.54, 1.807) is 0 Å². The van der Waals surface area contributed by atoms with Gasteiger partial charge in [-0.25, -0.2) is 0 Å². The van der Waals surface area contributed by atoms with E-state index >= 15 is 0 Å². The third-order valence-corrected chi connectivity index (χ3v) is 4.84. The van der Waals surface area contributed by atoms with E-state index in [0.29, 0.717) is 9.93 Å². The molecule has 0 amide bonds. The summed E-state index contributed by atoms with van der Waals surface area (Å²) in [7, 11) is 2.28. The molecule has 1 aromatic carbocycles. The van der Waals surface area contributed by atoms with E-state index in [1.807, 2.05) is 10.8 Å². The number of hydrogen-bond donors (Lipinski definition) is 0. The van der Waals surface area contributed by atoms with Crippen molar-refractivity contribution in [3.63, 3.8) is 0 Å². The molecule has 0 radical (unpaired) electrons. The van der Waals surface area contributed by atoms with Crippen molar-refractivity contribution in [2.75, 3.05) is 12.5 Å². The van der Waals surface area contributed by atoms with E-state index in [1.165, 1.54) is 4.90 Å². The van der Waals surface area contributed by atoms with E-state index in [4.69, 9.17) is 0 Å². The van der Waals surface area contributed by atoms with E-state index in [9.17, 15) is 0 Å². The lowest BCUT2D eigenvalue weighted by Crippen LogP contribution is -1.90. The maximum absolute atomic E-state index is 2.25. The smallest absolute Gasteiger partial charge is 0.0619 e. The Labute approximate surface area is 68.8 Å². The second-order valence-corrected chi connectivity index (χ2v) is 6.15. The van der Waals surface area contributed by atoms with Crippen molar-refractivity contribution in [3.8, 4) is 0 Å². The van der Waals surface area contributed by atoms with Gasteiger partial charge in [0.25, 0.3) is 0 Å². The Balaban J connectivity index is 2.75. The first-order chi connectivity index (χ1) is 4.84. The van der Waals surface area contributed by atoms with Crippen LogP contribution >= 0.6 is 10.8 Å². The van der Waals surface area contributed by atoms with Gasteiger partial charge in [-0.3, -0.25) is 0 Å². The van der Waals surface area contributed by atoms with Crippen molar-refractivity contribution in [1.29, 1.82) is 0 Å². The van der Waals surface area contributed by atoms with Crippen LogP contribution in [0.3, 0.4) is 0 Å². The molecule has 54 valence electrons. The Hall–Kier alpha value is -0.0800. The topological polar surface area (TPSA) is 0 Å². The third kappa shape index (κ3) is 1.96. The Bertz CT molecular complexity index is 184. The van der Waals surface area contributed by atoms with Crippen LogP contribution in [0.4, 0.5) is 0 Å². The van der Waals surface area contributed by atoms with Gasteiger partial charge in [-0.15, -0.1) is 0 Å². The zero-order chi connectivity index (χ0) is 7.40. The van der Waals surface area contributed by atoms with Gasteiger partial charge < -0.3 is 0 Å². The fourth-order valence-corrected chi connectivity index (χ4v) is 2.35. The van der Waals surface area contributed by atoms with Crippen molar-refractivity contribution in [1.82, 2.24) is 0 Å². The summed E-state index contributed by atoms with van der Waals surface area (Å²) < 4.78 is 0. The van der Waals surface area contributed by atoms with E-state index in [2.05, 4.69) is 42.8 Å². The fourth-order valence-electron chi connectivity index (χ4n) is 0.708. The molecule has 0 saturated heterocycles. The lowest BCUT2D eigenvalue weighted by molar-refractivity contribution is 1.46. The zero-order valence-electron chi connectivity index (χ0n) is 6.20. The summed E-state index contributed by atoms with van der Waals surface area (Å²) in [5.74, 6) is 0. The van der Waals surface area contributed by atoms with Crippen LogP contribution < -0.4 is 0 Å². The quantitative estimate of drug-likeness (QED) is 0.487. The minimum Gasteiger partial charge on any atom is -0.0619 e. The Morgan fingerprint density at radius 3 is 2.30 bits per heavy atom. The highest BCUT2D eigenvalue weighted by Gasteiger charge is 2.11. The molecule has 0 aromatic heterocycles. The highest BCUT2D eigenvalue weighted by molar-refractivity contribution is 8.73. The predicted octanol–water partition coefficient (Wildman–Crippen LogP) is 2.57. The van der Waals surface area contributed by atoms with E-state index in [0.717, 1.165) is 0 Å². The molecule has 0 aliphatic heterocycles. The lowest BCUT2D eigenvalue weighted by Gasteiger charge is -1.94. The van der Waals surface area contributed by atoms with E-state index < -0.39 is 0 Å². The normalized spacial score (nSPS) is 13.0. The molecule has 0 nitrogen and oxygen atoms in total. The summed E-state index contributed by atoms with van der Waals surface area (Å²) in [5.41, 5.74) is 0. The molecule has 1 aromatic rings. The average Bonchev–Trinajstić information content (AvgIpc) is 2.05. The molecule has 0 fully saturated rings. The van der Waals surface area contributed by atoms with Crippen LogP contribution in [-0.2, 0) is 9.93 Å². The van der Waals surface area contributed by atoms with Crippen molar-refractivity contribution in [3.05, 3.63) is 30.3 Å². The van der Waals surface area contributed by atoms with Gasteiger partial charge in [0.05, 0.1) is 20.7 Å². The molecule has 0 aliphatic rings. The Morgan fingerprint density at radius 2 is 1.80 bits per heavy atom. The molecule has 0 saturated carbocycles. The molecular formula is C8H11S2+. The summed E-state index contributed by atoms with van der Waals surface area (Å²) in [5, 5.41) is 0. The number of hydrogen-bond acceptors (Lipinski definition) is 1. The van der Waals surface area contributed by atoms with Crippen LogP contribution in [0.25, 0.3) is 0 Å². The average molecular weight is 171 g/mol. The number of benzene rings is 1. The standard InChI is InChI=1S/C8H11S2/c1-9-10(2)8-6-4-3-5-7-8/h3-7H,1-2H3/q+1. The van der Waals surface area contributed by atoms with Gasteiger partial charge in [0, 0.05) is 6.26 Å². The van der Waals surface area contributed by atoms with Crippen molar-refractivity contribution in [2.45, 2.75) is 4.90 Å². The molecule has 2 heteroatoms. The van der Waals surface area contributed by atoms with Crippen LogP contribution in [-0.4, -0.2) is 12.5 Å². The Morgan fingerprint density at radius 1 is 1.20 bits per heavy atom. The maximum Gasteiger partial charge on any atom is 0.167 e. The molecule has 0 aliphatic carbocycles. The second-order valence-electron chi connectivity index (χ2n) is 1.93. The zero-order valence-corrected chi connectivity index (χ0v) is 7.84. The first kappa shape index (κ1) is 8.02. The summed E-state index contributed by atoms with van der Waals surface area (Å²) >= 11 is 0. The minimum absolute atomic E-state index is 0.376. The second kappa shape index (κ2) is 3.94. The molecule has 0 spiro atoms. The monoisotopic (exact) mass is 171 g/mol. The molecule has 0 bridgehead atoms. The minimum atomic E-state index is 0.376. The highest BCUT2D eigenvalue weighted by Crippen LogP contribution is 2.19. The molecular weight excluding hydrogens is 160 g/mol. The van der Waals surface area contributed by atoms with Gasteiger partial charge in [0.2, 0.25) is 0 Å². The first-order valence-electron chi connectivity index (χ1n) is 3.10. The summed E-state index contributed by atoms with van der Waals surface area (Å²) in [6.45, 7) is 0. The number of rotatable bonds is 2. The van der Waals surface area contributed by atoms with Crippen molar-refractivity contribution >= 4 is 20.7 Å². The summed E-state index contributed by atoms with van der Waals surface area (Å²) in [4.78, 5) is 1.44. The third-order valence-electron chi connectivity index (χ3n) is 1.33. The molecule has 0 N–H and O–H groups in total. The molecule has 0 heterocycles. The molecule has 1 atom stereocenters. The van der Waals surface area contributed by atoms with Crippen LogP contribution in [0.1, 0.15) is 0 Å². The van der Waals surface area contributed by atoms with E-state index in [-0.39, 0.29) is 0 Å². The van der Waals surface area contributed by atoms with Gasteiger partial charge in [-0.1, -0.05) is 18.2 Å². The molecule has 10 heavy (non-hydrogen) atoms. The fraction of sp³-hybridized carbons (Fsp3) is 0.250. The van der Waals surface area contributed by atoms with Crippen molar-refractivity contribution < 1.29 is 0 Å². The maximum atomic E-state index is 2.25. The first-order valence-corrected chi connectivity index (χ1v) is 6.47. The van der Waals surface area contributed by atoms with Crippen LogP contribution in [0.2, 0.25) is 0 Å². The van der Waals surface area contributed by atoms with Crippen LogP contribution in [0, 0.1) is 0 Å². The Kier molecular flexibility index (Phi) is 3.16. The van der Waals surface area contributed by atoms with Gasteiger partial charge in [0.1, 0.15) is 6.26 Å². The highest BCUT2D eigenvalue weighted by atomic mass is 33.1. The molecule has 1 unspecified atom stereocenters. The SMILES string of the molecule is CS[S+](C)c1ccccc1. The largest absolute Gasteiger partial charge is 0.167 e. The lowest BCUT2D eigenvalue weighted by atomic mass is 10.4. The summed E-state index contributed by atoms with van der Waals surface area (Å²) in [6, 6.07) is 10.6. The van der Waals surface area contributed by atoms with Gasteiger partial charge in [0.15, 0.2) is 4.90 Å².